The lowest BCUT2D eigenvalue weighted by Crippen LogP contribution is -2.62. The summed E-state index contributed by atoms with van der Waals surface area (Å²) in [6.07, 6.45) is 2.12. The number of carbonyl (C=O) groups is 2. The van der Waals surface area contributed by atoms with E-state index in [1.165, 1.54) is 18.3 Å². The van der Waals surface area contributed by atoms with Crippen LogP contribution in [-0.2, 0) is 0 Å². The second-order valence-corrected chi connectivity index (χ2v) is 10.4. The maximum Gasteiger partial charge on any atom is 0.274 e. The lowest BCUT2D eigenvalue weighted by atomic mass is 9.97. The monoisotopic (exact) mass is 521 g/mol. The number of benzene rings is 1. The molecule has 1 aliphatic rings. The highest BCUT2D eigenvalue weighted by atomic mass is 19.3. The molecule has 1 aromatic carbocycles. The molecule has 0 unspecified atom stereocenters. The van der Waals surface area contributed by atoms with Crippen molar-refractivity contribution in [3.63, 3.8) is 0 Å². The molecular weight excluding hydrogens is 492 g/mol. The predicted molar refractivity (Wildman–Crippen MR) is 137 cm³/mol. The normalized spacial score (nSPS) is 15.6. The summed E-state index contributed by atoms with van der Waals surface area (Å²) in [5, 5.41) is 11.2. The summed E-state index contributed by atoms with van der Waals surface area (Å²) in [5.41, 5.74) is 2.81. The van der Waals surface area contributed by atoms with Crippen LogP contribution in [0.1, 0.15) is 72.0 Å². The Morgan fingerprint density at radius 2 is 1.82 bits per heavy atom. The van der Waals surface area contributed by atoms with Gasteiger partial charge in [0.2, 0.25) is 0 Å². The van der Waals surface area contributed by atoms with E-state index in [0.29, 0.717) is 42.1 Å². The smallest absolute Gasteiger partial charge is 0.274 e. The van der Waals surface area contributed by atoms with Crippen molar-refractivity contribution in [3.8, 4) is 11.3 Å². The van der Waals surface area contributed by atoms with Crippen LogP contribution in [0.3, 0.4) is 0 Å². The zero-order valence-corrected chi connectivity index (χ0v) is 21.7. The summed E-state index contributed by atoms with van der Waals surface area (Å²) in [6, 6.07) is 7.92. The van der Waals surface area contributed by atoms with Gasteiger partial charge >= 0.3 is 0 Å². The van der Waals surface area contributed by atoms with Gasteiger partial charge < -0.3 is 9.80 Å². The minimum Gasteiger partial charge on any atom is -0.334 e. The van der Waals surface area contributed by atoms with E-state index in [1.807, 2.05) is 33.8 Å². The number of nitrogens with one attached hydrogen (secondary N) is 1. The molecule has 1 aliphatic heterocycles. The van der Waals surface area contributed by atoms with Gasteiger partial charge in [-0.2, -0.15) is 10.2 Å². The number of nitrogens with zero attached hydrogens (tertiary/aromatic N) is 6. The van der Waals surface area contributed by atoms with E-state index in [1.54, 1.807) is 38.8 Å². The van der Waals surface area contributed by atoms with Gasteiger partial charge in [0.05, 0.1) is 29.2 Å². The molecule has 9 nitrogen and oxygen atoms in total. The fourth-order valence-electron chi connectivity index (χ4n) is 4.86. The summed E-state index contributed by atoms with van der Waals surface area (Å²) < 4.78 is 27.6. The van der Waals surface area contributed by atoms with E-state index in [9.17, 15) is 18.4 Å². The summed E-state index contributed by atoms with van der Waals surface area (Å²) in [6.45, 7) is 9.01. The Bertz CT molecular complexity index is 1480. The molecular formula is C27H29F2N7O2. The number of rotatable bonds is 5. The molecule has 0 spiro atoms. The number of amides is 2. The average molecular weight is 522 g/mol. The molecule has 4 heterocycles. The Morgan fingerprint density at radius 3 is 2.42 bits per heavy atom. The van der Waals surface area contributed by atoms with Crippen molar-refractivity contribution in [2.75, 3.05) is 19.6 Å². The van der Waals surface area contributed by atoms with Crippen LogP contribution < -0.4 is 0 Å². The topological polar surface area (TPSA) is 99.5 Å². The fraction of sp³-hybridized carbons (Fsp3) is 0.370. The first-order valence-electron chi connectivity index (χ1n) is 12.4. The summed E-state index contributed by atoms with van der Waals surface area (Å²) in [5.74, 6) is -0.293. The second-order valence-electron chi connectivity index (χ2n) is 10.4. The highest BCUT2D eigenvalue weighted by molar-refractivity contribution is 5.95. The molecule has 0 bridgehead atoms. The van der Waals surface area contributed by atoms with Crippen molar-refractivity contribution in [2.45, 2.75) is 45.6 Å². The summed E-state index contributed by atoms with van der Waals surface area (Å²) >= 11 is 0. The first-order valence-corrected chi connectivity index (χ1v) is 12.4. The van der Waals surface area contributed by atoms with Gasteiger partial charge in [0.15, 0.2) is 5.65 Å². The Morgan fingerprint density at radius 1 is 1.08 bits per heavy atom. The first-order chi connectivity index (χ1) is 18.0. The van der Waals surface area contributed by atoms with Gasteiger partial charge in [0, 0.05) is 42.5 Å². The third-order valence-corrected chi connectivity index (χ3v) is 6.93. The Balaban J connectivity index is 1.44. The average Bonchev–Trinajstić information content (AvgIpc) is 3.57. The van der Waals surface area contributed by atoms with Crippen LogP contribution in [-0.4, -0.2) is 71.6 Å². The summed E-state index contributed by atoms with van der Waals surface area (Å²) in [4.78, 5) is 34.6. The SMILES string of the molecule is CC(C)c1cc(-c2ccc(C(F)F)cc2)nn2cc(C(=O)N3CCN(C(=O)c4cn[nH]c4)CC3(C)C)nc12. The molecule has 198 valence electrons. The van der Waals surface area contributed by atoms with Gasteiger partial charge in [-0.3, -0.25) is 14.7 Å². The molecule has 0 radical (unpaired) electrons. The van der Waals surface area contributed by atoms with E-state index >= 15 is 0 Å². The van der Waals surface area contributed by atoms with Gasteiger partial charge in [-0.15, -0.1) is 0 Å². The van der Waals surface area contributed by atoms with Crippen molar-refractivity contribution in [1.82, 2.24) is 34.6 Å². The molecule has 1 N–H and O–H groups in total. The van der Waals surface area contributed by atoms with Crippen LogP contribution in [0.4, 0.5) is 8.78 Å². The fourth-order valence-corrected chi connectivity index (χ4v) is 4.86. The van der Waals surface area contributed by atoms with Crippen LogP contribution in [0.2, 0.25) is 0 Å². The number of hydrogen-bond acceptors (Lipinski definition) is 5. The molecule has 0 atom stereocenters. The van der Waals surface area contributed by atoms with Crippen LogP contribution in [0.15, 0.2) is 48.9 Å². The van der Waals surface area contributed by atoms with Crippen LogP contribution in [0.25, 0.3) is 16.9 Å². The maximum absolute atomic E-state index is 13.7. The van der Waals surface area contributed by atoms with Gasteiger partial charge in [-0.1, -0.05) is 38.1 Å². The van der Waals surface area contributed by atoms with Crippen molar-refractivity contribution in [3.05, 3.63) is 71.3 Å². The number of aromatic amines is 1. The molecule has 5 rings (SSSR count). The number of halogens is 2. The number of piperazine rings is 1. The minimum atomic E-state index is -2.54. The standard InChI is InChI=1S/C27H29F2N7O2/c1-16(2)20-11-21(17-5-7-18(8-6-17)23(28)29)33-36-14-22(32-24(20)36)26(38)35-10-9-34(15-27(35,3)4)25(37)19-12-30-31-13-19/h5-8,11-14,16,23H,9-10,15H2,1-4H3,(H,30,31). The van der Waals surface area contributed by atoms with Crippen molar-refractivity contribution in [2.24, 2.45) is 0 Å². The quantitative estimate of drug-likeness (QED) is 0.415. The molecule has 1 fully saturated rings. The Kier molecular flexibility index (Phi) is 6.46. The van der Waals surface area contributed by atoms with Gasteiger partial charge in [-0.05, 0) is 25.8 Å². The minimum absolute atomic E-state index is 0.0522. The van der Waals surface area contributed by atoms with Gasteiger partial charge in [0.25, 0.3) is 18.2 Å². The third-order valence-electron chi connectivity index (χ3n) is 6.93. The molecule has 2 amide bonds. The molecule has 1 saturated heterocycles. The van der Waals surface area contributed by atoms with E-state index in [4.69, 9.17) is 0 Å². The number of fused-ring (bicyclic) bond motifs is 1. The number of hydrogen-bond donors (Lipinski definition) is 1. The number of imidazole rings is 1. The van der Waals surface area contributed by atoms with E-state index in [0.717, 1.165) is 5.56 Å². The van der Waals surface area contributed by atoms with Crippen molar-refractivity contribution < 1.29 is 18.4 Å². The van der Waals surface area contributed by atoms with E-state index in [-0.39, 0.29) is 29.0 Å². The largest absolute Gasteiger partial charge is 0.334 e. The van der Waals surface area contributed by atoms with E-state index in [2.05, 4.69) is 20.3 Å². The van der Waals surface area contributed by atoms with Crippen LogP contribution >= 0.6 is 0 Å². The molecule has 3 aromatic heterocycles. The number of H-pyrrole nitrogens is 1. The van der Waals surface area contributed by atoms with Crippen molar-refractivity contribution in [1.29, 1.82) is 0 Å². The first kappa shape index (κ1) is 25.5. The summed E-state index contributed by atoms with van der Waals surface area (Å²) in [7, 11) is 0. The molecule has 38 heavy (non-hydrogen) atoms. The van der Waals surface area contributed by atoms with Gasteiger partial charge in [0.1, 0.15) is 5.69 Å². The number of aromatic nitrogens is 5. The van der Waals surface area contributed by atoms with Crippen LogP contribution in [0.5, 0.6) is 0 Å². The lowest BCUT2D eigenvalue weighted by Gasteiger charge is -2.46. The number of carbonyl (C=O) groups excluding carboxylic acids is 2. The van der Waals surface area contributed by atoms with Gasteiger partial charge in [-0.25, -0.2) is 18.3 Å². The molecule has 0 saturated carbocycles. The van der Waals surface area contributed by atoms with Crippen LogP contribution in [0, 0.1) is 0 Å². The third kappa shape index (κ3) is 4.64. The molecule has 0 aliphatic carbocycles. The zero-order chi connectivity index (χ0) is 27.2. The van der Waals surface area contributed by atoms with E-state index < -0.39 is 12.0 Å². The highest BCUT2D eigenvalue weighted by Crippen LogP contribution is 2.29. The number of alkyl halides is 2. The maximum atomic E-state index is 13.7. The predicted octanol–water partition coefficient (Wildman–Crippen LogP) is 4.56. The Hall–Kier alpha value is -4.15. The van der Waals surface area contributed by atoms with Crippen molar-refractivity contribution >= 4 is 17.5 Å². The zero-order valence-electron chi connectivity index (χ0n) is 21.7. The molecule has 11 heteroatoms. The lowest BCUT2D eigenvalue weighted by molar-refractivity contribution is 0.0165. The molecule has 4 aromatic rings. The Labute approximate surface area is 218 Å². The highest BCUT2D eigenvalue weighted by Gasteiger charge is 2.39. The second kappa shape index (κ2) is 9.62.